The first-order valence-corrected chi connectivity index (χ1v) is 5.91. The molecule has 2 rings (SSSR count). The van der Waals surface area contributed by atoms with Crippen molar-refractivity contribution in [1.82, 2.24) is 20.1 Å². The van der Waals surface area contributed by atoms with Crippen molar-refractivity contribution in [3.05, 3.63) is 47.0 Å². The molecule has 2 heterocycles. The van der Waals surface area contributed by atoms with E-state index in [1.807, 2.05) is 13.1 Å². The number of amides is 1. The Hall–Kier alpha value is -1.88. The van der Waals surface area contributed by atoms with Gasteiger partial charge in [0, 0.05) is 44.3 Å². The summed E-state index contributed by atoms with van der Waals surface area (Å²) in [7, 11) is 1.87. The molecule has 94 valence electrons. The van der Waals surface area contributed by atoms with E-state index in [1.54, 1.807) is 23.1 Å². The maximum absolute atomic E-state index is 11.8. The van der Waals surface area contributed by atoms with E-state index in [9.17, 15) is 4.79 Å². The van der Waals surface area contributed by atoms with Gasteiger partial charge in [0.05, 0.1) is 10.6 Å². The molecule has 5 nitrogen and oxygen atoms in total. The fourth-order valence-corrected chi connectivity index (χ4v) is 1.81. The molecule has 0 fully saturated rings. The van der Waals surface area contributed by atoms with Crippen LogP contribution in [-0.4, -0.2) is 27.2 Å². The Morgan fingerprint density at radius 3 is 2.94 bits per heavy atom. The van der Waals surface area contributed by atoms with E-state index in [0.717, 1.165) is 12.1 Å². The molecule has 0 unspecified atom stereocenters. The lowest BCUT2D eigenvalue weighted by molar-refractivity contribution is 0.0954. The predicted octanol–water partition coefficient (Wildman–Crippen LogP) is 1.44. The highest BCUT2D eigenvalue weighted by Crippen LogP contribution is 2.12. The second-order valence-electron chi connectivity index (χ2n) is 3.81. The van der Waals surface area contributed by atoms with Crippen LogP contribution in [0.3, 0.4) is 0 Å². The minimum atomic E-state index is -0.190. The van der Waals surface area contributed by atoms with Crippen molar-refractivity contribution in [3.63, 3.8) is 0 Å². The van der Waals surface area contributed by atoms with Gasteiger partial charge in [-0.2, -0.15) is 5.10 Å². The van der Waals surface area contributed by atoms with Gasteiger partial charge < -0.3 is 5.32 Å². The van der Waals surface area contributed by atoms with Crippen LogP contribution in [0.4, 0.5) is 0 Å². The zero-order valence-electron chi connectivity index (χ0n) is 9.93. The van der Waals surface area contributed by atoms with Crippen LogP contribution in [0.25, 0.3) is 0 Å². The zero-order valence-corrected chi connectivity index (χ0v) is 10.7. The maximum Gasteiger partial charge on any atom is 0.252 e. The highest BCUT2D eigenvalue weighted by atomic mass is 35.5. The highest BCUT2D eigenvalue weighted by Gasteiger charge is 2.09. The third-order valence-electron chi connectivity index (χ3n) is 2.61. The molecule has 1 amide bonds. The minimum Gasteiger partial charge on any atom is -0.352 e. The van der Waals surface area contributed by atoms with Crippen molar-refractivity contribution in [3.8, 4) is 0 Å². The molecule has 2 aromatic rings. The van der Waals surface area contributed by atoms with E-state index in [2.05, 4.69) is 15.4 Å². The Bertz CT molecular complexity index is 553. The maximum atomic E-state index is 11.8. The molecule has 2 aromatic heterocycles. The number of aryl methyl sites for hydroxylation is 1. The van der Waals surface area contributed by atoms with Crippen molar-refractivity contribution in [1.29, 1.82) is 0 Å². The Kier molecular flexibility index (Phi) is 3.94. The zero-order chi connectivity index (χ0) is 13.0. The molecule has 0 aliphatic heterocycles. The molecule has 0 radical (unpaired) electrons. The summed E-state index contributed by atoms with van der Waals surface area (Å²) < 4.78 is 1.78. The molecule has 6 heteroatoms. The average Bonchev–Trinajstić information content (AvgIpc) is 2.75. The van der Waals surface area contributed by atoms with Crippen LogP contribution in [0, 0.1) is 0 Å². The van der Waals surface area contributed by atoms with Gasteiger partial charge in [0.15, 0.2) is 0 Å². The molecule has 0 aliphatic rings. The van der Waals surface area contributed by atoms with E-state index in [4.69, 9.17) is 11.6 Å². The molecule has 0 aliphatic carbocycles. The first-order valence-electron chi connectivity index (χ1n) is 5.53. The molecular weight excluding hydrogens is 252 g/mol. The Morgan fingerprint density at radius 2 is 2.28 bits per heavy atom. The first kappa shape index (κ1) is 12.6. The largest absolute Gasteiger partial charge is 0.352 e. The third-order valence-corrected chi connectivity index (χ3v) is 2.91. The molecule has 0 saturated heterocycles. The topological polar surface area (TPSA) is 59.8 Å². The highest BCUT2D eigenvalue weighted by molar-refractivity contribution is 6.33. The number of rotatable bonds is 4. The smallest absolute Gasteiger partial charge is 0.252 e. The van der Waals surface area contributed by atoms with Gasteiger partial charge in [-0.25, -0.2) is 0 Å². The summed E-state index contributed by atoms with van der Waals surface area (Å²) in [6.07, 6.45) is 5.46. The first-order chi connectivity index (χ1) is 8.68. The number of nitrogens with one attached hydrogen (secondary N) is 1. The summed E-state index contributed by atoms with van der Waals surface area (Å²) in [5.74, 6) is -0.190. The molecule has 0 spiro atoms. The fourth-order valence-electron chi connectivity index (χ4n) is 1.61. The minimum absolute atomic E-state index is 0.190. The van der Waals surface area contributed by atoms with Crippen LogP contribution >= 0.6 is 11.6 Å². The van der Waals surface area contributed by atoms with Crippen LogP contribution in [0.15, 0.2) is 30.7 Å². The molecule has 0 saturated carbocycles. The molecule has 0 aromatic carbocycles. The monoisotopic (exact) mass is 264 g/mol. The summed E-state index contributed by atoms with van der Waals surface area (Å²) in [6.45, 7) is 0.539. The van der Waals surface area contributed by atoms with E-state index >= 15 is 0 Å². The van der Waals surface area contributed by atoms with Crippen molar-refractivity contribution in [2.45, 2.75) is 6.42 Å². The Morgan fingerprint density at radius 1 is 1.44 bits per heavy atom. The molecule has 0 atom stereocenters. The van der Waals surface area contributed by atoms with Crippen molar-refractivity contribution in [2.75, 3.05) is 6.54 Å². The van der Waals surface area contributed by atoms with Crippen molar-refractivity contribution in [2.24, 2.45) is 7.05 Å². The van der Waals surface area contributed by atoms with Gasteiger partial charge in [-0.1, -0.05) is 11.6 Å². The van der Waals surface area contributed by atoms with Gasteiger partial charge >= 0.3 is 0 Å². The van der Waals surface area contributed by atoms with E-state index in [1.165, 1.54) is 6.20 Å². The summed E-state index contributed by atoms with van der Waals surface area (Å²) in [5.41, 5.74) is 1.51. The number of carbonyl (C=O) groups excluding carboxylic acids is 1. The van der Waals surface area contributed by atoms with Crippen molar-refractivity contribution >= 4 is 17.5 Å². The van der Waals surface area contributed by atoms with Gasteiger partial charge in [-0.05, 0) is 12.1 Å². The molecule has 0 bridgehead atoms. The van der Waals surface area contributed by atoms with E-state index in [0.29, 0.717) is 17.1 Å². The molecular formula is C12H13ClN4O. The number of halogens is 1. The van der Waals surface area contributed by atoms with Gasteiger partial charge in [-0.15, -0.1) is 0 Å². The van der Waals surface area contributed by atoms with Gasteiger partial charge in [0.25, 0.3) is 5.91 Å². The summed E-state index contributed by atoms with van der Waals surface area (Å²) in [6, 6.07) is 3.52. The quantitative estimate of drug-likeness (QED) is 0.909. The summed E-state index contributed by atoms with van der Waals surface area (Å²) >= 11 is 5.89. The third kappa shape index (κ3) is 2.87. The van der Waals surface area contributed by atoms with Gasteiger partial charge in [-0.3, -0.25) is 14.5 Å². The van der Waals surface area contributed by atoms with E-state index < -0.39 is 0 Å². The fraction of sp³-hybridized carbons (Fsp3) is 0.250. The average molecular weight is 265 g/mol. The lowest BCUT2D eigenvalue weighted by Crippen LogP contribution is -2.26. The number of hydrogen-bond donors (Lipinski definition) is 1. The number of nitrogens with zero attached hydrogens (tertiary/aromatic N) is 3. The Balaban J connectivity index is 1.90. The second-order valence-corrected chi connectivity index (χ2v) is 4.21. The molecule has 18 heavy (non-hydrogen) atoms. The van der Waals surface area contributed by atoms with Crippen LogP contribution < -0.4 is 5.32 Å². The number of pyridine rings is 1. The normalized spacial score (nSPS) is 10.3. The number of aromatic nitrogens is 3. The lowest BCUT2D eigenvalue weighted by atomic mass is 10.2. The summed E-state index contributed by atoms with van der Waals surface area (Å²) in [4.78, 5) is 15.7. The second kappa shape index (κ2) is 5.64. The van der Waals surface area contributed by atoms with Crippen LogP contribution in [0.1, 0.15) is 16.1 Å². The summed E-state index contributed by atoms with van der Waals surface area (Å²) in [5, 5.41) is 7.23. The van der Waals surface area contributed by atoms with Crippen LogP contribution in [0.5, 0.6) is 0 Å². The predicted molar refractivity (Wildman–Crippen MR) is 68.5 cm³/mol. The van der Waals surface area contributed by atoms with Crippen molar-refractivity contribution < 1.29 is 4.79 Å². The number of hydrogen-bond acceptors (Lipinski definition) is 3. The number of carbonyl (C=O) groups is 1. The standard InChI is InChI=1S/C12H13ClN4O/c1-17-9(3-7-16-17)2-6-15-12(18)10-4-5-14-8-11(10)13/h3-5,7-8H,2,6H2,1H3,(H,15,18). The Labute approximate surface area is 110 Å². The SMILES string of the molecule is Cn1nccc1CCNC(=O)c1ccncc1Cl. The van der Waals surface area contributed by atoms with Crippen LogP contribution in [-0.2, 0) is 13.5 Å². The van der Waals surface area contributed by atoms with Gasteiger partial charge in [0.2, 0.25) is 0 Å². The van der Waals surface area contributed by atoms with Crippen LogP contribution in [0.2, 0.25) is 5.02 Å². The lowest BCUT2D eigenvalue weighted by Gasteiger charge is -2.06. The van der Waals surface area contributed by atoms with E-state index in [-0.39, 0.29) is 5.91 Å². The van der Waals surface area contributed by atoms with Gasteiger partial charge in [0.1, 0.15) is 0 Å². The molecule has 1 N–H and O–H groups in total.